The Kier molecular flexibility index (Phi) is 3.90. The summed E-state index contributed by atoms with van der Waals surface area (Å²) in [6.45, 7) is 1.58. The van der Waals surface area contributed by atoms with Crippen molar-refractivity contribution in [1.29, 1.82) is 0 Å². The fourth-order valence-corrected chi connectivity index (χ4v) is 3.09. The number of sulfone groups is 1. The van der Waals surface area contributed by atoms with Crippen molar-refractivity contribution in [1.82, 2.24) is 0 Å². The molecule has 0 unspecified atom stereocenters. The van der Waals surface area contributed by atoms with Gasteiger partial charge >= 0.3 is 0 Å². The number of carbonyl (C=O) groups is 1. The highest BCUT2D eigenvalue weighted by molar-refractivity contribution is 7.91. The van der Waals surface area contributed by atoms with Crippen molar-refractivity contribution in [2.24, 2.45) is 5.73 Å². The second-order valence-electron chi connectivity index (χ2n) is 4.24. The summed E-state index contributed by atoms with van der Waals surface area (Å²) in [5, 5.41) is 0. The molecule has 0 saturated carbocycles. The van der Waals surface area contributed by atoms with E-state index < -0.39 is 15.7 Å². The average molecular weight is 288 g/mol. The maximum Gasteiger partial charge on any atom is 0.249 e. The predicted octanol–water partition coefficient (Wildman–Crippen LogP) is 2.05. The minimum Gasteiger partial charge on any atom is -0.366 e. The van der Waals surface area contributed by atoms with Gasteiger partial charge in [0.15, 0.2) is 9.84 Å². The number of amides is 1. The van der Waals surface area contributed by atoms with Crippen LogP contribution in [0.3, 0.4) is 0 Å². The molecule has 0 heterocycles. The Labute approximate surface area is 118 Å². The monoisotopic (exact) mass is 288 g/mol. The van der Waals surface area contributed by atoms with Crippen LogP contribution in [0.2, 0.25) is 0 Å². The number of hydrogen-bond acceptors (Lipinski definition) is 3. The lowest BCUT2D eigenvalue weighted by atomic mass is 9.99. The quantitative estimate of drug-likeness (QED) is 0.935. The summed E-state index contributed by atoms with van der Waals surface area (Å²) < 4.78 is 24.3. The zero-order chi connectivity index (χ0) is 14.8. The molecule has 0 aromatic heterocycles. The van der Waals surface area contributed by atoms with Crippen LogP contribution in [-0.4, -0.2) is 20.1 Å². The van der Waals surface area contributed by atoms with E-state index in [2.05, 4.69) is 6.07 Å². The molecule has 1 radical (unpaired) electrons. The highest BCUT2D eigenvalue weighted by atomic mass is 32.2. The molecule has 0 bridgehead atoms. The molecule has 103 valence electrons. The number of primary amides is 1. The Morgan fingerprint density at radius 3 is 2.55 bits per heavy atom. The van der Waals surface area contributed by atoms with Gasteiger partial charge in [-0.15, -0.1) is 0 Å². The Morgan fingerprint density at radius 2 is 1.90 bits per heavy atom. The highest BCUT2D eigenvalue weighted by Gasteiger charge is 2.19. The molecule has 5 heteroatoms. The van der Waals surface area contributed by atoms with Crippen molar-refractivity contribution in [3.63, 3.8) is 0 Å². The Bertz CT molecular complexity index is 751. The summed E-state index contributed by atoms with van der Waals surface area (Å²) in [6, 6.07) is 14.1. The lowest BCUT2D eigenvalue weighted by Gasteiger charge is -2.11. The van der Waals surface area contributed by atoms with Gasteiger partial charge in [0.25, 0.3) is 0 Å². The molecule has 2 aromatic rings. The van der Waals surface area contributed by atoms with Crippen molar-refractivity contribution in [2.45, 2.75) is 11.8 Å². The zero-order valence-corrected chi connectivity index (χ0v) is 11.8. The van der Waals surface area contributed by atoms with Crippen LogP contribution in [0.5, 0.6) is 0 Å². The van der Waals surface area contributed by atoms with Gasteiger partial charge in [-0.2, -0.15) is 0 Å². The predicted molar refractivity (Wildman–Crippen MR) is 77.0 cm³/mol. The molecule has 0 spiro atoms. The molecule has 0 aliphatic heterocycles. The number of nitrogens with two attached hydrogens (primary N) is 1. The molecule has 0 fully saturated rings. The smallest absolute Gasteiger partial charge is 0.249 e. The summed E-state index contributed by atoms with van der Waals surface area (Å²) in [4.78, 5) is 11.7. The van der Waals surface area contributed by atoms with Crippen LogP contribution >= 0.6 is 0 Å². The van der Waals surface area contributed by atoms with Crippen molar-refractivity contribution >= 4 is 15.7 Å². The third kappa shape index (κ3) is 2.58. The van der Waals surface area contributed by atoms with E-state index in [1.54, 1.807) is 37.3 Å². The molecule has 0 atom stereocenters. The van der Waals surface area contributed by atoms with E-state index in [0.29, 0.717) is 11.1 Å². The van der Waals surface area contributed by atoms with E-state index >= 15 is 0 Å². The van der Waals surface area contributed by atoms with Gasteiger partial charge < -0.3 is 5.73 Å². The minimum absolute atomic E-state index is 0.00508. The molecule has 0 saturated heterocycles. The topological polar surface area (TPSA) is 77.2 Å². The van der Waals surface area contributed by atoms with E-state index in [-0.39, 0.29) is 16.2 Å². The number of rotatable bonds is 4. The van der Waals surface area contributed by atoms with Crippen LogP contribution < -0.4 is 5.73 Å². The fraction of sp³-hybridized carbons (Fsp3) is 0.133. The molecular formula is C15H14NO3S. The van der Waals surface area contributed by atoms with Gasteiger partial charge in [0, 0.05) is 11.1 Å². The van der Waals surface area contributed by atoms with Gasteiger partial charge in [0.2, 0.25) is 5.91 Å². The second kappa shape index (κ2) is 5.46. The van der Waals surface area contributed by atoms with Crippen molar-refractivity contribution in [3.05, 3.63) is 54.1 Å². The van der Waals surface area contributed by atoms with E-state index in [1.165, 1.54) is 12.1 Å². The Hall–Kier alpha value is -2.14. The van der Waals surface area contributed by atoms with Gasteiger partial charge in [-0.05, 0) is 23.8 Å². The normalized spacial score (nSPS) is 11.2. The van der Waals surface area contributed by atoms with Crippen LogP contribution in [0.15, 0.2) is 47.4 Å². The lowest BCUT2D eigenvalue weighted by Crippen LogP contribution is -2.13. The molecule has 2 aromatic carbocycles. The van der Waals surface area contributed by atoms with Crippen LogP contribution in [0.1, 0.15) is 17.3 Å². The van der Waals surface area contributed by atoms with Crippen molar-refractivity contribution < 1.29 is 13.2 Å². The van der Waals surface area contributed by atoms with Crippen LogP contribution in [0, 0.1) is 6.07 Å². The van der Waals surface area contributed by atoms with Gasteiger partial charge in [0.05, 0.1) is 10.6 Å². The third-order valence-electron chi connectivity index (χ3n) is 3.02. The summed E-state index contributed by atoms with van der Waals surface area (Å²) >= 11 is 0. The van der Waals surface area contributed by atoms with Gasteiger partial charge in [-0.3, -0.25) is 4.79 Å². The molecule has 0 aliphatic rings. The summed E-state index contributed by atoms with van der Waals surface area (Å²) in [7, 11) is -3.38. The Balaban J connectivity index is 2.76. The maximum atomic E-state index is 12.2. The summed E-state index contributed by atoms with van der Waals surface area (Å²) in [6.07, 6.45) is 0. The first-order valence-electron chi connectivity index (χ1n) is 6.09. The van der Waals surface area contributed by atoms with Gasteiger partial charge in [-0.1, -0.05) is 37.3 Å². The zero-order valence-electron chi connectivity index (χ0n) is 11.0. The molecule has 2 rings (SSSR count). The van der Waals surface area contributed by atoms with E-state index in [9.17, 15) is 13.2 Å². The van der Waals surface area contributed by atoms with Gasteiger partial charge in [0.1, 0.15) is 0 Å². The summed E-state index contributed by atoms with van der Waals surface area (Å²) in [5.74, 6) is -0.616. The molecule has 4 nitrogen and oxygen atoms in total. The SMILES string of the molecule is CCS(=O)(=O)c1ccccc1-c1cc[c]cc1C(N)=O. The van der Waals surface area contributed by atoms with Crippen molar-refractivity contribution in [3.8, 4) is 11.1 Å². The number of benzene rings is 2. The minimum atomic E-state index is -3.38. The largest absolute Gasteiger partial charge is 0.366 e. The first-order chi connectivity index (χ1) is 9.47. The van der Waals surface area contributed by atoms with E-state index in [1.807, 2.05) is 0 Å². The van der Waals surface area contributed by atoms with Crippen LogP contribution in [-0.2, 0) is 9.84 Å². The molecule has 0 aliphatic carbocycles. The standard InChI is InChI=1S/C15H14NO3S/c1-2-20(18,19)14-10-6-5-8-12(14)11-7-3-4-9-13(11)15(16)17/h3,5-10H,2H2,1H3,(H2,16,17). The van der Waals surface area contributed by atoms with Crippen LogP contribution in [0.4, 0.5) is 0 Å². The highest BCUT2D eigenvalue weighted by Crippen LogP contribution is 2.30. The first-order valence-corrected chi connectivity index (χ1v) is 7.74. The Morgan fingerprint density at radius 1 is 1.20 bits per heavy atom. The molecule has 2 N–H and O–H groups in total. The number of carbonyl (C=O) groups excluding carboxylic acids is 1. The van der Waals surface area contributed by atoms with Crippen LogP contribution in [0.25, 0.3) is 11.1 Å². The van der Waals surface area contributed by atoms with Gasteiger partial charge in [-0.25, -0.2) is 8.42 Å². The number of hydrogen-bond donors (Lipinski definition) is 1. The maximum absolute atomic E-state index is 12.2. The molecule has 1 amide bonds. The summed E-state index contributed by atoms with van der Waals surface area (Å²) in [5.41, 5.74) is 6.58. The van der Waals surface area contributed by atoms with E-state index in [4.69, 9.17) is 5.73 Å². The fourth-order valence-electron chi connectivity index (χ4n) is 1.98. The molecule has 20 heavy (non-hydrogen) atoms. The molecular weight excluding hydrogens is 274 g/mol. The lowest BCUT2D eigenvalue weighted by molar-refractivity contribution is 0.100. The third-order valence-corrected chi connectivity index (χ3v) is 4.81. The first kappa shape index (κ1) is 14.3. The average Bonchev–Trinajstić information content (AvgIpc) is 2.47. The van der Waals surface area contributed by atoms with Crippen molar-refractivity contribution in [2.75, 3.05) is 5.75 Å². The second-order valence-corrected chi connectivity index (χ2v) is 6.48. The van der Waals surface area contributed by atoms with E-state index in [0.717, 1.165) is 0 Å².